The predicted molar refractivity (Wildman–Crippen MR) is 45.2 cm³/mol. The summed E-state index contributed by atoms with van der Waals surface area (Å²) in [6, 6.07) is 0. The number of aliphatic hydroxyl groups excluding tert-OH is 1. The standard InChI is InChI=1S/C5H10O.C4H6O/c1-2-4-6-5-3-1;1-2-3-4-5/h1-5H2;5H,4H2,1H3. The monoisotopic (exact) mass is 156 g/mol. The van der Waals surface area contributed by atoms with E-state index in [1.807, 2.05) is 0 Å². The van der Waals surface area contributed by atoms with Gasteiger partial charge in [-0.3, -0.25) is 0 Å². The van der Waals surface area contributed by atoms with Crippen molar-refractivity contribution in [3.8, 4) is 11.8 Å². The van der Waals surface area contributed by atoms with Crippen LogP contribution < -0.4 is 0 Å². The van der Waals surface area contributed by atoms with E-state index in [0.717, 1.165) is 13.2 Å². The van der Waals surface area contributed by atoms with Gasteiger partial charge >= 0.3 is 0 Å². The lowest BCUT2D eigenvalue weighted by Crippen LogP contribution is -2.03. The van der Waals surface area contributed by atoms with Crippen molar-refractivity contribution in [2.24, 2.45) is 0 Å². The molecule has 1 saturated heterocycles. The van der Waals surface area contributed by atoms with Gasteiger partial charge in [-0.05, 0) is 26.2 Å². The van der Waals surface area contributed by atoms with E-state index in [4.69, 9.17) is 9.84 Å². The summed E-state index contributed by atoms with van der Waals surface area (Å²) in [6.07, 6.45) is 3.93. The average molecular weight is 156 g/mol. The Bertz CT molecular complexity index is 106. The fraction of sp³-hybridized carbons (Fsp3) is 0.778. The average Bonchev–Trinajstić information content (AvgIpc) is 2.10. The van der Waals surface area contributed by atoms with E-state index in [0.29, 0.717) is 0 Å². The molecule has 0 aromatic carbocycles. The molecule has 0 radical (unpaired) electrons. The Hall–Kier alpha value is -0.520. The lowest BCUT2D eigenvalue weighted by Gasteiger charge is -2.08. The minimum absolute atomic E-state index is 0.0174. The Kier molecular flexibility index (Phi) is 9.03. The lowest BCUT2D eigenvalue weighted by atomic mass is 10.2. The number of hydrogen-bond acceptors (Lipinski definition) is 2. The molecule has 0 aromatic rings. The summed E-state index contributed by atoms with van der Waals surface area (Å²) in [7, 11) is 0. The zero-order valence-electron chi connectivity index (χ0n) is 7.10. The van der Waals surface area contributed by atoms with Gasteiger partial charge in [-0.1, -0.05) is 5.92 Å². The lowest BCUT2D eigenvalue weighted by molar-refractivity contribution is 0.0968. The minimum Gasteiger partial charge on any atom is -0.384 e. The second-order valence-electron chi connectivity index (χ2n) is 2.26. The van der Waals surface area contributed by atoms with Crippen molar-refractivity contribution in [1.82, 2.24) is 0 Å². The molecule has 1 aliphatic heterocycles. The first kappa shape index (κ1) is 10.5. The Morgan fingerprint density at radius 1 is 1.27 bits per heavy atom. The van der Waals surface area contributed by atoms with Gasteiger partial charge in [0.05, 0.1) is 0 Å². The van der Waals surface area contributed by atoms with Crippen LogP contribution in [0.1, 0.15) is 26.2 Å². The molecule has 1 aliphatic rings. The molecule has 1 fully saturated rings. The van der Waals surface area contributed by atoms with Crippen LogP contribution in [0.3, 0.4) is 0 Å². The van der Waals surface area contributed by atoms with Gasteiger partial charge in [-0.25, -0.2) is 0 Å². The van der Waals surface area contributed by atoms with E-state index in [-0.39, 0.29) is 6.61 Å². The van der Waals surface area contributed by atoms with Gasteiger partial charge in [0.15, 0.2) is 0 Å². The normalized spacial score (nSPS) is 15.5. The van der Waals surface area contributed by atoms with E-state index in [9.17, 15) is 0 Å². The first-order valence-corrected chi connectivity index (χ1v) is 4.00. The molecule has 1 N–H and O–H groups in total. The molecular weight excluding hydrogens is 140 g/mol. The molecule has 0 bridgehead atoms. The van der Waals surface area contributed by atoms with Crippen molar-refractivity contribution < 1.29 is 9.84 Å². The van der Waals surface area contributed by atoms with Gasteiger partial charge in [0, 0.05) is 13.2 Å². The molecule has 64 valence electrons. The van der Waals surface area contributed by atoms with E-state index < -0.39 is 0 Å². The van der Waals surface area contributed by atoms with Crippen molar-refractivity contribution in [2.45, 2.75) is 26.2 Å². The van der Waals surface area contributed by atoms with Crippen LogP contribution in [0, 0.1) is 11.8 Å². The third-order valence-corrected chi connectivity index (χ3v) is 1.33. The Labute approximate surface area is 68.6 Å². The summed E-state index contributed by atoms with van der Waals surface area (Å²) in [5, 5.41) is 7.89. The highest BCUT2D eigenvalue weighted by Crippen LogP contribution is 2.02. The maximum atomic E-state index is 7.89. The molecule has 2 heteroatoms. The highest BCUT2D eigenvalue weighted by atomic mass is 16.5. The van der Waals surface area contributed by atoms with Gasteiger partial charge in [0.25, 0.3) is 0 Å². The predicted octanol–water partition coefficient (Wildman–Crippen LogP) is 1.19. The largest absolute Gasteiger partial charge is 0.384 e. The van der Waals surface area contributed by atoms with Crippen LogP contribution in [0.5, 0.6) is 0 Å². The molecule has 2 nitrogen and oxygen atoms in total. The van der Waals surface area contributed by atoms with Crippen LogP contribution in [-0.4, -0.2) is 24.9 Å². The van der Waals surface area contributed by atoms with Crippen molar-refractivity contribution >= 4 is 0 Å². The van der Waals surface area contributed by atoms with Crippen LogP contribution in [0.4, 0.5) is 0 Å². The van der Waals surface area contributed by atoms with Gasteiger partial charge in [0.1, 0.15) is 6.61 Å². The summed E-state index contributed by atoms with van der Waals surface area (Å²) < 4.78 is 5.07. The quantitative estimate of drug-likeness (QED) is 0.534. The second-order valence-corrected chi connectivity index (χ2v) is 2.26. The molecule has 0 saturated carbocycles. The maximum absolute atomic E-state index is 7.89. The first-order valence-electron chi connectivity index (χ1n) is 4.00. The number of ether oxygens (including phenoxy) is 1. The molecule has 0 aliphatic carbocycles. The Morgan fingerprint density at radius 3 is 2.00 bits per heavy atom. The Balaban J connectivity index is 0.000000187. The smallest absolute Gasteiger partial charge is 0.104 e. The first-order chi connectivity index (χ1) is 5.41. The van der Waals surface area contributed by atoms with E-state index in [2.05, 4.69) is 11.8 Å². The van der Waals surface area contributed by atoms with Crippen LogP contribution in [-0.2, 0) is 4.74 Å². The zero-order chi connectivity index (χ0) is 8.36. The maximum Gasteiger partial charge on any atom is 0.104 e. The second kappa shape index (κ2) is 9.48. The van der Waals surface area contributed by atoms with E-state index in [1.165, 1.54) is 19.3 Å². The molecule has 0 spiro atoms. The molecule has 1 rings (SSSR count). The Morgan fingerprint density at radius 2 is 1.91 bits per heavy atom. The van der Waals surface area contributed by atoms with Crippen molar-refractivity contribution in [3.05, 3.63) is 0 Å². The third kappa shape index (κ3) is 9.48. The zero-order valence-corrected chi connectivity index (χ0v) is 7.10. The summed E-state index contributed by atoms with van der Waals surface area (Å²) in [4.78, 5) is 0. The highest BCUT2D eigenvalue weighted by molar-refractivity contribution is 4.93. The molecule has 0 unspecified atom stereocenters. The van der Waals surface area contributed by atoms with Crippen LogP contribution >= 0.6 is 0 Å². The van der Waals surface area contributed by atoms with E-state index >= 15 is 0 Å². The molecule has 0 amide bonds. The highest BCUT2D eigenvalue weighted by Gasteiger charge is 1.94. The van der Waals surface area contributed by atoms with Gasteiger partial charge < -0.3 is 9.84 Å². The number of rotatable bonds is 0. The fourth-order valence-electron chi connectivity index (χ4n) is 0.766. The summed E-state index contributed by atoms with van der Waals surface area (Å²) >= 11 is 0. The molecular formula is C9H16O2. The van der Waals surface area contributed by atoms with Crippen LogP contribution in [0.25, 0.3) is 0 Å². The van der Waals surface area contributed by atoms with Crippen LogP contribution in [0.15, 0.2) is 0 Å². The summed E-state index contributed by atoms with van der Waals surface area (Å²) in [5.41, 5.74) is 0. The summed E-state index contributed by atoms with van der Waals surface area (Å²) in [6.45, 7) is 3.67. The topological polar surface area (TPSA) is 29.5 Å². The van der Waals surface area contributed by atoms with Crippen molar-refractivity contribution in [3.63, 3.8) is 0 Å². The van der Waals surface area contributed by atoms with Gasteiger partial charge in [-0.2, -0.15) is 0 Å². The number of hydrogen-bond donors (Lipinski definition) is 1. The number of aliphatic hydroxyl groups is 1. The SMILES string of the molecule is C1CCOCC1.CC#CCO. The summed E-state index contributed by atoms with van der Waals surface area (Å²) in [5.74, 6) is 4.93. The molecule has 0 atom stereocenters. The molecule has 0 aromatic heterocycles. The molecule has 11 heavy (non-hydrogen) atoms. The fourth-order valence-corrected chi connectivity index (χ4v) is 0.766. The van der Waals surface area contributed by atoms with Gasteiger partial charge in [0.2, 0.25) is 0 Å². The van der Waals surface area contributed by atoms with Crippen LogP contribution in [0.2, 0.25) is 0 Å². The minimum atomic E-state index is -0.0174. The van der Waals surface area contributed by atoms with E-state index in [1.54, 1.807) is 6.92 Å². The molecule has 1 heterocycles. The third-order valence-electron chi connectivity index (χ3n) is 1.33. The van der Waals surface area contributed by atoms with Crippen molar-refractivity contribution in [1.29, 1.82) is 0 Å². The van der Waals surface area contributed by atoms with Crippen molar-refractivity contribution in [2.75, 3.05) is 19.8 Å². The van der Waals surface area contributed by atoms with Gasteiger partial charge in [-0.15, -0.1) is 5.92 Å².